The summed E-state index contributed by atoms with van der Waals surface area (Å²) in [4.78, 5) is 17.7. The first kappa shape index (κ1) is 24.5. The number of carbonyl (C=O) groups excluding carboxylic acids is 1. The van der Waals surface area contributed by atoms with Gasteiger partial charge in [0, 0.05) is 19.0 Å². The molecule has 1 atom stereocenters. The minimum absolute atomic E-state index is 0.0639. The number of nitrogens with zero attached hydrogens (tertiary/aromatic N) is 2. The van der Waals surface area contributed by atoms with Crippen molar-refractivity contribution in [2.45, 2.75) is 43.9 Å². The summed E-state index contributed by atoms with van der Waals surface area (Å²) in [6.07, 6.45) is -0.552. The second kappa shape index (κ2) is 9.92. The molecule has 1 aliphatic heterocycles. The van der Waals surface area contributed by atoms with Gasteiger partial charge in [-0.05, 0) is 72.6 Å². The van der Waals surface area contributed by atoms with Crippen molar-refractivity contribution in [1.82, 2.24) is 9.88 Å². The Kier molecular flexibility index (Phi) is 7.36. The summed E-state index contributed by atoms with van der Waals surface area (Å²) < 4.78 is 41.9. The third-order valence-electron chi connectivity index (χ3n) is 6.23. The molecule has 0 saturated carbocycles. The van der Waals surface area contributed by atoms with Crippen LogP contribution >= 0.6 is 35.0 Å². The molecule has 0 radical (unpaired) electrons. The van der Waals surface area contributed by atoms with Gasteiger partial charge in [0.15, 0.2) is 6.04 Å². The highest BCUT2D eigenvalue weighted by Crippen LogP contribution is 2.38. The van der Waals surface area contributed by atoms with Crippen molar-refractivity contribution in [2.75, 3.05) is 23.9 Å². The molecule has 33 heavy (non-hydrogen) atoms. The number of rotatable bonds is 5. The molecule has 0 spiro atoms. The summed E-state index contributed by atoms with van der Waals surface area (Å²) in [7, 11) is 1.22. The van der Waals surface area contributed by atoms with E-state index in [1.807, 2.05) is 12.1 Å². The molecule has 1 fully saturated rings. The maximum Gasteiger partial charge on any atom is 0.414 e. The van der Waals surface area contributed by atoms with E-state index in [4.69, 9.17) is 23.2 Å². The van der Waals surface area contributed by atoms with Crippen LogP contribution in [0.15, 0.2) is 30.5 Å². The number of fused-ring (bicyclic) bond motifs is 1. The van der Waals surface area contributed by atoms with Crippen LogP contribution in [0.4, 0.5) is 18.9 Å². The second-order valence-corrected chi connectivity index (χ2v) is 10.6. The Morgan fingerprint density at radius 1 is 1.15 bits per heavy atom. The molecule has 2 aliphatic rings. The Labute approximate surface area is 205 Å². The Bertz CT molecular complexity index is 982. The smallest absolute Gasteiger partial charge is 0.380 e. The lowest BCUT2D eigenvalue weighted by molar-refractivity contribution is -0.191. The van der Waals surface area contributed by atoms with E-state index < -0.39 is 18.1 Å². The maximum absolute atomic E-state index is 14.0. The third kappa shape index (κ3) is 5.54. The summed E-state index contributed by atoms with van der Waals surface area (Å²) in [5.41, 5.74) is 2.63. The first-order chi connectivity index (χ1) is 15.6. The van der Waals surface area contributed by atoms with Crippen molar-refractivity contribution in [1.29, 1.82) is 0 Å². The maximum atomic E-state index is 14.0. The zero-order valence-electron chi connectivity index (χ0n) is 18.0. The number of hydrogen-bond acceptors (Lipinski definition) is 4. The Morgan fingerprint density at radius 3 is 2.27 bits per heavy atom. The van der Waals surface area contributed by atoms with Gasteiger partial charge in [0.25, 0.3) is 0 Å². The van der Waals surface area contributed by atoms with Crippen LogP contribution in [0.2, 0.25) is 10.0 Å². The lowest BCUT2D eigenvalue weighted by Crippen LogP contribution is -2.43. The van der Waals surface area contributed by atoms with E-state index in [-0.39, 0.29) is 17.7 Å². The van der Waals surface area contributed by atoms with E-state index in [1.165, 1.54) is 19.3 Å². The summed E-state index contributed by atoms with van der Waals surface area (Å²) in [5, 5.41) is 4.33. The van der Waals surface area contributed by atoms with Crippen LogP contribution in [0, 0.1) is 5.92 Å². The predicted molar refractivity (Wildman–Crippen MR) is 127 cm³/mol. The van der Waals surface area contributed by atoms with Crippen molar-refractivity contribution in [3.63, 3.8) is 0 Å². The van der Waals surface area contributed by atoms with Gasteiger partial charge in [-0.25, -0.2) is 0 Å². The van der Waals surface area contributed by atoms with Crippen LogP contribution in [0.5, 0.6) is 0 Å². The van der Waals surface area contributed by atoms with Crippen LogP contribution in [0.3, 0.4) is 0 Å². The number of hydrogen-bond donors (Lipinski definition) is 1. The summed E-state index contributed by atoms with van der Waals surface area (Å²) in [6, 6.07) is 4.63. The van der Waals surface area contributed by atoms with Crippen LogP contribution in [-0.4, -0.2) is 46.6 Å². The average molecular weight is 518 g/mol. The number of alkyl halides is 3. The summed E-state index contributed by atoms with van der Waals surface area (Å²) in [6.45, 7) is 0. The summed E-state index contributed by atoms with van der Waals surface area (Å²) in [5.74, 6) is 0.752. The highest BCUT2D eigenvalue weighted by molar-refractivity contribution is 7.99. The normalized spacial score (nSPS) is 18.1. The molecule has 1 aromatic carbocycles. The number of nitrogens with one attached hydrogen (secondary N) is 1. The van der Waals surface area contributed by atoms with E-state index in [9.17, 15) is 18.0 Å². The first-order valence-corrected chi connectivity index (χ1v) is 12.6. The lowest BCUT2D eigenvalue weighted by atomic mass is 9.99. The van der Waals surface area contributed by atoms with Gasteiger partial charge < -0.3 is 10.2 Å². The van der Waals surface area contributed by atoms with Gasteiger partial charge >= 0.3 is 6.18 Å². The Hall–Kier alpha value is -1.64. The van der Waals surface area contributed by atoms with Gasteiger partial charge in [-0.2, -0.15) is 24.9 Å². The minimum atomic E-state index is -4.62. The molecule has 1 N–H and O–H groups in total. The van der Waals surface area contributed by atoms with Crippen molar-refractivity contribution in [3.8, 4) is 0 Å². The van der Waals surface area contributed by atoms with Crippen LogP contribution < -0.4 is 5.32 Å². The number of anilines is 1. The molecular formula is C23H24Cl2F3N3OS. The number of amides is 1. The molecule has 2 aromatic rings. The van der Waals surface area contributed by atoms with Crippen LogP contribution in [-0.2, 0) is 17.6 Å². The molecule has 10 heteroatoms. The van der Waals surface area contributed by atoms with Crippen molar-refractivity contribution < 1.29 is 18.0 Å². The Morgan fingerprint density at radius 2 is 1.76 bits per heavy atom. The fraction of sp³-hybridized carbons (Fsp3) is 0.478. The molecule has 4 nitrogen and oxygen atoms in total. The first-order valence-electron chi connectivity index (χ1n) is 10.7. The molecule has 0 bridgehead atoms. The van der Waals surface area contributed by atoms with Crippen molar-refractivity contribution >= 4 is 46.6 Å². The van der Waals surface area contributed by atoms with E-state index in [0.717, 1.165) is 40.4 Å². The predicted octanol–water partition coefficient (Wildman–Crippen LogP) is 6.17. The molecular weight excluding hydrogens is 494 g/mol. The third-order valence-corrected chi connectivity index (χ3v) is 8.00. The molecule has 4 rings (SSSR count). The van der Waals surface area contributed by atoms with E-state index in [2.05, 4.69) is 10.3 Å². The van der Waals surface area contributed by atoms with Gasteiger partial charge in [-0.15, -0.1) is 0 Å². The van der Waals surface area contributed by atoms with Crippen LogP contribution in [0.1, 0.15) is 35.7 Å². The topological polar surface area (TPSA) is 45.2 Å². The lowest BCUT2D eigenvalue weighted by Gasteiger charge is -2.33. The fourth-order valence-corrected chi connectivity index (χ4v) is 6.03. The van der Waals surface area contributed by atoms with Crippen LogP contribution in [0.25, 0.3) is 0 Å². The summed E-state index contributed by atoms with van der Waals surface area (Å²) >= 11 is 13.9. The van der Waals surface area contributed by atoms with Gasteiger partial charge in [-0.3, -0.25) is 9.78 Å². The monoisotopic (exact) mass is 517 g/mol. The molecule has 0 unspecified atom stereocenters. The number of halogens is 5. The number of benzene rings is 1. The molecule has 1 amide bonds. The van der Waals surface area contributed by atoms with E-state index in [0.29, 0.717) is 28.6 Å². The zero-order chi connectivity index (χ0) is 23.8. The van der Waals surface area contributed by atoms with Gasteiger partial charge in [0.1, 0.15) is 0 Å². The van der Waals surface area contributed by atoms with Gasteiger partial charge in [0.05, 0.1) is 27.6 Å². The Balaban J connectivity index is 1.46. The molecule has 1 saturated heterocycles. The molecule has 178 valence electrons. The van der Waals surface area contributed by atoms with Crippen molar-refractivity contribution in [3.05, 3.63) is 57.3 Å². The second-order valence-electron chi connectivity index (χ2n) is 8.54. The highest BCUT2D eigenvalue weighted by Gasteiger charge is 2.47. The molecule has 1 aromatic heterocycles. The molecule has 1 aliphatic carbocycles. The number of thioether (sulfide) groups is 1. The minimum Gasteiger partial charge on any atom is -0.380 e. The number of pyridine rings is 1. The standard InChI is InChI=1S/C23H24Cl2F3N3OS/c1-31(22(32)13-4-6-33-7-5-13)21(23(26,27)28)20-3-2-16(12-29-20)30-17-8-14-10-18(24)19(25)11-15(14)9-17/h2-3,10-13,17,21,30H,4-9H2,1H3/t21-/m0/s1. The zero-order valence-corrected chi connectivity index (χ0v) is 20.3. The van der Waals surface area contributed by atoms with E-state index >= 15 is 0 Å². The average Bonchev–Trinajstić information content (AvgIpc) is 3.15. The van der Waals surface area contributed by atoms with E-state index in [1.54, 1.807) is 17.8 Å². The largest absolute Gasteiger partial charge is 0.414 e. The molecule has 2 heterocycles. The number of aromatic nitrogens is 1. The SMILES string of the molecule is CN(C(=O)C1CCSCC1)[C@@H](c1ccc(NC2Cc3cc(Cl)c(Cl)cc3C2)cn1)C(F)(F)F. The quantitative estimate of drug-likeness (QED) is 0.514. The van der Waals surface area contributed by atoms with Crippen molar-refractivity contribution in [2.24, 2.45) is 5.92 Å². The highest BCUT2D eigenvalue weighted by atomic mass is 35.5. The fourth-order valence-electron chi connectivity index (χ4n) is 4.55. The van der Waals surface area contributed by atoms with Gasteiger partial charge in [-0.1, -0.05) is 23.2 Å². The van der Waals surface area contributed by atoms with Gasteiger partial charge in [0.2, 0.25) is 5.91 Å². The number of carbonyl (C=O) groups is 1.